The highest BCUT2D eigenvalue weighted by atomic mass is 16.5. The molecule has 0 radical (unpaired) electrons. The molecule has 4 heteroatoms. The zero-order valence-corrected chi connectivity index (χ0v) is 15.8. The van der Waals surface area contributed by atoms with Gasteiger partial charge < -0.3 is 9.84 Å². The van der Waals surface area contributed by atoms with Gasteiger partial charge in [-0.25, -0.2) is 0 Å². The molecule has 0 spiro atoms. The second-order valence-corrected chi connectivity index (χ2v) is 8.22. The summed E-state index contributed by atoms with van der Waals surface area (Å²) in [7, 11) is 0. The van der Waals surface area contributed by atoms with Crippen molar-refractivity contribution in [2.45, 2.75) is 45.3 Å². The van der Waals surface area contributed by atoms with Gasteiger partial charge in [-0.2, -0.15) is 0 Å². The van der Waals surface area contributed by atoms with Crippen LogP contribution in [0.1, 0.15) is 40.2 Å². The zero-order valence-electron chi connectivity index (χ0n) is 15.8. The van der Waals surface area contributed by atoms with Crippen LogP contribution in [0.25, 0.3) is 5.57 Å². The molecule has 5 rings (SSSR count). The number of ketones is 1. The lowest BCUT2D eigenvalue weighted by Crippen LogP contribution is -2.33. The molecule has 2 aliphatic heterocycles. The van der Waals surface area contributed by atoms with Crippen molar-refractivity contribution in [2.24, 2.45) is 11.8 Å². The Kier molecular flexibility index (Phi) is 3.57. The first-order valence-corrected chi connectivity index (χ1v) is 9.58. The van der Waals surface area contributed by atoms with Crippen molar-refractivity contribution in [1.82, 2.24) is 4.98 Å². The maximum atomic E-state index is 13.3. The number of carbonyl (C=O) groups excluding carboxylic acids is 1. The normalized spacial score (nSPS) is 31.7. The van der Waals surface area contributed by atoms with Gasteiger partial charge in [0.15, 0.2) is 5.78 Å². The van der Waals surface area contributed by atoms with Gasteiger partial charge in [-0.15, -0.1) is 0 Å². The number of Topliss-reactive ketones (excluding diaryl/α,β-unsaturated/α-hetero) is 1. The van der Waals surface area contributed by atoms with Crippen LogP contribution < -0.4 is 0 Å². The number of aryl methyl sites for hydroxylation is 3. The van der Waals surface area contributed by atoms with E-state index in [1.807, 2.05) is 26.1 Å². The van der Waals surface area contributed by atoms with E-state index in [2.05, 4.69) is 30.1 Å². The predicted molar refractivity (Wildman–Crippen MR) is 102 cm³/mol. The third kappa shape index (κ3) is 2.26. The molecule has 1 aromatic heterocycles. The number of fused-ring (bicyclic) bond motifs is 5. The van der Waals surface area contributed by atoms with Crippen LogP contribution in [0.5, 0.6) is 0 Å². The third-order valence-electron chi connectivity index (χ3n) is 6.52. The van der Waals surface area contributed by atoms with Crippen molar-refractivity contribution in [1.29, 1.82) is 0 Å². The Morgan fingerprint density at radius 1 is 1.15 bits per heavy atom. The number of allylic oxidation sites excluding steroid dienone is 1. The van der Waals surface area contributed by atoms with Crippen LogP contribution in [-0.4, -0.2) is 28.1 Å². The molecule has 2 bridgehead atoms. The standard InChI is InChI=1S/C23H23NO3/c1-11-7-12(2)17(13(3)8-11)19-21(25)18-16-9-15(14-5-4-6-24-10-14)23(27-16)20(18)22(19)26/h4-8,10,15-16,18,20,23,26H,9H2,1-3H3/t15-,16-,18-,20+,23+/m0/s1. The van der Waals surface area contributed by atoms with Gasteiger partial charge in [0.25, 0.3) is 0 Å². The first-order valence-electron chi connectivity index (χ1n) is 9.58. The fourth-order valence-corrected chi connectivity index (χ4v) is 5.60. The van der Waals surface area contributed by atoms with Crippen molar-refractivity contribution in [2.75, 3.05) is 0 Å². The highest BCUT2D eigenvalue weighted by Crippen LogP contribution is 2.58. The number of rotatable bonds is 2. The van der Waals surface area contributed by atoms with Crippen LogP contribution in [0.4, 0.5) is 0 Å². The topological polar surface area (TPSA) is 59.4 Å². The van der Waals surface area contributed by atoms with Crippen molar-refractivity contribution < 1.29 is 14.6 Å². The fraction of sp³-hybridized carbons (Fsp3) is 0.391. The summed E-state index contributed by atoms with van der Waals surface area (Å²) in [6.07, 6.45) is 4.17. The summed E-state index contributed by atoms with van der Waals surface area (Å²) in [4.78, 5) is 17.5. The lowest BCUT2D eigenvalue weighted by Gasteiger charge is -2.27. The molecule has 138 valence electrons. The number of hydrogen-bond acceptors (Lipinski definition) is 4. The second kappa shape index (κ2) is 5.77. The predicted octanol–water partition coefficient (Wildman–Crippen LogP) is 4.05. The first kappa shape index (κ1) is 16.7. The Morgan fingerprint density at radius 2 is 1.89 bits per heavy atom. The summed E-state index contributed by atoms with van der Waals surface area (Å²) < 4.78 is 6.17. The second-order valence-electron chi connectivity index (χ2n) is 8.22. The maximum absolute atomic E-state index is 13.3. The summed E-state index contributed by atoms with van der Waals surface area (Å²) in [6, 6.07) is 8.14. The van der Waals surface area contributed by atoms with Gasteiger partial charge in [-0.1, -0.05) is 23.8 Å². The van der Waals surface area contributed by atoms with Gasteiger partial charge in [-0.05, 0) is 55.5 Å². The Hall–Kier alpha value is -2.46. The molecule has 3 aliphatic rings. The molecule has 3 heterocycles. The van der Waals surface area contributed by atoms with Crippen LogP contribution in [0.2, 0.25) is 0 Å². The number of benzene rings is 1. The van der Waals surface area contributed by atoms with Crippen molar-refractivity contribution >= 4 is 11.4 Å². The minimum atomic E-state index is -0.252. The largest absolute Gasteiger partial charge is 0.511 e. The summed E-state index contributed by atoms with van der Waals surface area (Å²) in [5.41, 5.74) is 5.79. The molecule has 2 saturated heterocycles. The molecule has 1 N–H and O–H groups in total. The Labute approximate surface area is 158 Å². The number of hydrogen-bond donors (Lipinski definition) is 1. The van der Waals surface area contributed by atoms with E-state index in [0.29, 0.717) is 5.57 Å². The fourth-order valence-electron chi connectivity index (χ4n) is 5.60. The number of aliphatic hydroxyl groups excluding tert-OH is 1. The molecule has 0 saturated carbocycles. The lowest BCUT2D eigenvalue weighted by atomic mass is 9.73. The Bertz CT molecular complexity index is 955. The summed E-state index contributed by atoms with van der Waals surface area (Å²) >= 11 is 0. The molecule has 5 atom stereocenters. The van der Waals surface area contributed by atoms with Crippen LogP contribution >= 0.6 is 0 Å². The van der Waals surface area contributed by atoms with E-state index in [0.717, 1.165) is 28.7 Å². The molecule has 0 unspecified atom stereocenters. The third-order valence-corrected chi connectivity index (χ3v) is 6.52. The molecule has 1 aromatic carbocycles. The van der Waals surface area contributed by atoms with Crippen molar-refractivity contribution in [3.63, 3.8) is 0 Å². The Balaban J connectivity index is 1.59. The van der Waals surface area contributed by atoms with E-state index in [1.54, 1.807) is 6.20 Å². The number of aliphatic hydroxyl groups is 1. The van der Waals surface area contributed by atoms with E-state index >= 15 is 0 Å². The smallest absolute Gasteiger partial charge is 0.173 e. The first-order chi connectivity index (χ1) is 13.0. The monoisotopic (exact) mass is 361 g/mol. The van der Waals surface area contributed by atoms with Gasteiger partial charge in [0, 0.05) is 18.3 Å². The summed E-state index contributed by atoms with van der Waals surface area (Å²) in [5, 5.41) is 11.2. The van der Waals surface area contributed by atoms with E-state index in [9.17, 15) is 9.90 Å². The Morgan fingerprint density at radius 3 is 2.56 bits per heavy atom. The van der Waals surface area contributed by atoms with Crippen LogP contribution in [0.15, 0.2) is 42.4 Å². The molecule has 27 heavy (non-hydrogen) atoms. The summed E-state index contributed by atoms with van der Waals surface area (Å²) in [6.45, 7) is 6.08. The van der Waals surface area contributed by atoms with Gasteiger partial charge in [0.2, 0.25) is 0 Å². The van der Waals surface area contributed by atoms with Crippen LogP contribution in [0, 0.1) is 32.6 Å². The average Bonchev–Trinajstić information content (AvgIpc) is 3.29. The lowest BCUT2D eigenvalue weighted by molar-refractivity contribution is -0.118. The van der Waals surface area contributed by atoms with E-state index in [-0.39, 0.29) is 41.5 Å². The zero-order chi connectivity index (χ0) is 18.9. The van der Waals surface area contributed by atoms with Gasteiger partial charge in [-0.3, -0.25) is 9.78 Å². The summed E-state index contributed by atoms with van der Waals surface area (Å²) in [5.74, 6) is -0.0418. The van der Waals surface area contributed by atoms with E-state index in [4.69, 9.17) is 4.74 Å². The molecular weight excluding hydrogens is 338 g/mol. The number of ether oxygens (including phenoxy) is 1. The molecule has 2 fully saturated rings. The number of pyridine rings is 1. The number of aromatic nitrogens is 1. The highest BCUT2D eigenvalue weighted by Gasteiger charge is 2.62. The molecular formula is C23H23NO3. The van der Waals surface area contributed by atoms with Gasteiger partial charge in [0.05, 0.1) is 29.6 Å². The highest BCUT2D eigenvalue weighted by molar-refractivity contribution is 6.26. The molecule has 1 aliphatic carbocycles. The van der Waals surface area contributed by atoms with Crippen molar-refractivity contribution in [3.05, 3.63) is 70.2 Å². The quantitative estimate of drug-likeness (QED) is 0.877. The van der Waals surface area contributed by atoms with Gasteiger partial charge >= 0.3 is 0 Å². The van der Waals surface area contributed by atoms with Crippen LogP contribution in [-0.2, 0) is 9.53 Å². The SMILES string of the molecule is Cc1cc(C)c(C2=C(O)[C@@H]3[C@@H]4O[C@@H](C[C@H]4c4cccnc4)[C@@H]3C2=O)c(C)c1. The minimum Gasteiger partial charge on any atom is -0.511 e. The molecule has 0 amide bonds. The average molecular weight is 361 g/mol. The minimum absolute atomic E-state index is 0.0460. The van der Waals surface area contributed by atoms with E-state index < -0.39 is 0 Å². The maximum Gasteiger partial charge on any atom is 0.173 e. The number of nitrogens with zero attached hydrogens (tertiary/aromatic N) is 1. The molecule has 2 aromatic rings. The van der Waals surface area contributed by atoms with E-state index in [1.165, 1.54) is 5.56 Å². The molecule has 4 nitrogen and oxygen atoms in total. The van der Waals surface area contributed by atoms with Crippen molar-refractivity contribution in [3.8, 4) is 0 Å². The van der Waals surface area contributed by atoms with Gasteiger partial charge in [0.1, 0.15) is 5.76 Å². The van der Waals surface area contributed by atoms with Crippen LogP contribution in [0.3, 0.4) is 0 Å². The number of carbonyl (C=O) groups is 1.